The van der Waals surface area contributed by atoms with Gasteiger partial charge in [-0.15, -0.1) is 24.8 Å². The van der Waals surface area contributed by atoms with Crippen molar-refractivity contribution in [3.63, 3.8) is 0 Å². The van der Waals surface area contributed by atoms with Gasteiger partial charge in [-0.3, -0.25) is 14.8 Å². The molecule has 0 spiro atoms. The second kappa shape index (κ2) is 7.54. The van der Waals surface area contributed by atoms with Crippen molar-refractivity contribution < 1.29 is 13.6 Å². The zero-order valence-corrected chi connectivity index (χ0v) is 15.6. The van der Waals surface area contributed by atoms with Crippen LogP contribution in [0.3, 0.4) is 0 Å². The molecular formula is C15H24Cl2F2N4O. The highest BCUT2D eigenvalue weighted by Crippen LogP contribution is 2.37. The number of halogens is 4. The normalized spacial score (nSPS) is 25.3. The Kier molecular flexibility index (Phi) is 6.63. The van der Waals surface area contributed by atoms with Crippen molar-refractivity contribution in [1.29, 1.82) is 0 Å². The van der Waals surface area contributed by atoms with Gasteiger partial charge in [0.05, 0.1) is 24.3 Å². The lowest BCUT2D eigenvalue weighted by molar-refractivity contribution is -0.134. The van der Waals surface area contributed by atoms with Crippen molar-refractivity contribution in [3.8, 4) is 0 Å². The first-order valence-corrected chi connectivity index (χ1v) is 7.72. The number of carbonyl (C=O) groups is 1. The Bertz CT molecular complexity index is 609. The number of aryl methyl sites for hydroxylation is 2. The highest BCUT2D eigenvalue weighted by atomic mass is 35.5. The first-order valence-electron chi connectivity index (χ1n) is 7.72. The van der Waals surface area contributed by atoms with Crippen LogP contribution in [-0.4, -0.2) is 45.6 Å². The summed E-state index contributed by atoms with van der Waals surface area (Å²) in [6, 6.07) is -0.815. The van der Waals surface area contributed by atoms with Gasteiger partial charge in [-0.25, -0.2) is 8.78 Å². The van der Waals surface area contributed by atoms with Crippen LogP contribution in [0.5, 0.6) is 0 Å². The molecule has 5 nitrogen and oxygen atoms in total. The van der Waals surface area contributed by atoms with Crippen LogP contribution in [0, 0.1) is 13.8 Å². The number of hydrogen-bond acceptors (Lipinski definition) is 3. The van der Waals surface area contributed by atoms with Gasteiger partial charge in [-0.1, -0.05) is 0 Å². The van der Waals surface area contributed by atoms with Crippen molar-refractivity contribution in [1.82, 2.24) is 20.0 Å². The van der Waals surface area contributed by atoms with Crippen molar-refractivity contribution >= 4 is 30.7 Å². The molecule has 2 atom stereocenters. The van der Waals surface area contributed by atoms with E-state index in [1.165, 1.54) is 0 Å². The first-order chi connectivity index (χ1) is 10.3. The summed E-state index contributed by atoms with van der Waals surface area (Å²) in [6.45, 7) is 4.14. The van der Waals surface area contributed by atoms with Crippen molar-refractivity contribution in [2.45, 2.75) is 51.1 Å². The van der Waals surface area contributed by atoms with Crippen LogP contribution < -0.4 is 5.32 Å². The van der Waals surface area contributed by atoms with Crippen molar-refractivity contribution in [3.05, 3.63) is 17.0 Å². The van der Waals surface area contributed by atoms with E-state index in [1.807, 2.05) is 25.6 Å². The summed E-state index contributed by atoms with van der Waals surface area (Å²) in [5, 5.41) is 7.08. The standard InChI is InChI=1S/C15H22F2N4O.2ClH/c1-9-13(10(2)20(3)19-9)12-5-4-6-21(12)14(22)11-7-15(16,17)8-18-11;;/h11-12,18H,4-8H2,1-3H3;2*1H. The van der Waals surface area contributed by atoms with E-state index in [0.717, 1.165) is 29.8 Å². The molecule has 1 amide bonds. The molecular weight excluding hydrogens is 361 g/mol. The smallest absolute Gasteiger partial charge is 0.262 e. The summed E-state index contributed by atoms with van der Waals surface area (Å²) < 4.78 is 28.5. The number of nitrogens with one attached hydrogen (secondary N) is 1. The lowest BCUT2D eigenvalue weighted by Crippen LogP contribution is -2.43. The van der Waals surface area contributed by atoms with Gasteiger partial charge in [0.1, 0.15) is 0 Å². The van der Waals surface area contributed by atoms with Crippen LogP contribution in [0.25, 0.3) is 0 Å². The highest BCUT2D eigenvalue weighted by molar-refractivity contribution is 5.85. The fourth-order valence-corrected chi connectivity index (χ4v) is 3.69. The van der Waals surface area contributed by atoms with Crippen LogP contribution in [0.15, 0.2) is 0 Å². The van der Waals surface area contributed by atoms with Gasteiger partial charge in [0.15, 0.2) is 0 Å². The number of likely N-dealkylation sites (tertiary alicyclic amines) is 1. The molecule has 1 aromatic rings. The van der Waals surface area contributed by atoms with Crippen molar-refractivity contribution in [2.24, 2.45) is 7.05 Å². The lowest BCUT2D eigenvalue weighted by Gasteiger charge is -2.28. The maximum absolute atomic E-state index is 13.3. The molecule has 1 N–H and O–H groups in total. The van der Waals surface area contributed by atoms with E-state index in [2.05, 4.69) is 10.4 Å². The van der Waals surface area contributed by atoms with Gasteiger partial charge in [-0.05, 0) is 26.7 Å². The molecule has 3 heterocycles. The quantitative estimate of drug-likeness (QED) is 0.852. The SMILES string of the molecule is Cc1nn(C)c(C)c1C1CCCN1C(=O)C1CC(F)(F)CN1.Cl.Cl. The van der Waals surface area contributed by atoms with Gasteiger partial charge in [0.25, 0.3) is 5.92 Å². The van der Waals surface area contributed by atoms with Crippen LogP contribution in [0.2, 0.25) is 0 Å². The van der Waals surface area contributed by atoms with Gasteiger partial charge in [0, 0.05) is 31.3 Å². The summed E-state index contributed by atoms with van der Waals surface area (Å²) in [6.07, 6.45) is 1.36. The third-order valence-electron chi connectivity index (χ3n) is 4.84. The summed E-state index contributed by atoms with van der Waals surface area (Å²) in [5.41, 5.74) is 3.01. The molecule has 0 saturated carbocycles. The first kappa shape index (κ1) is 21.1. The minimum absolute atomic E-state index is 0. The Morgan fingerprint density at radius 2 is 2.00 bits per heavy atom. The van der Waals surface area contributed by atoms with E-state index in [9.17, 15) is 13.6 Å². The van der Waals surface area contributed by atoms with Crippen LogP contribution in [0.1, 0.15) is 42.3 Å². The second-order valence-electron chi connectivity index (χ2n) is 6.39. The van der Waals surface area contributed by atoms with E-state index in [4.69, 9.17) is 0 Å². The molecule has 0 radical (unpaired) electrons. The third kappa shape index (κ3) is 3.68. The van der Waals surface area contributed by atoms with Crippen LogP contribution in [0.4, 0.5) is 8.78 Å². The van der Waals surface area contributed by atoms with Crippen molar-refractivity contribution in [2.75, 3.05) is 13.1 Å². The van der Waals surface area contributed by atoms with E-state index in [0.29, 0.717) is 6.54 Å². The fraction of sp³-hybridized carbons (Fsp3) is 0.733. The molecule has 2 unspecified atom stereocenters. The topological polar surface area (TPSA) is 50.2 Å². The molecule has 2 aliphatic rings. The largest absolute Gasteiger partial charge is 0.334 e. The van der Waals surface area contributed by atoms with Crippen LogP contribution >= 0.6 is 24.8 Å². The minimum atomic E-state index is -2.78. The molecule has 3 rings (SSSR count). The molecule has 2 fully saturated rings. The molecule has 1 aromatic heterocycles. The predicted molar refractivity (Wildman–Crippen MR) is 92.2 cm³/mol. The van der Waals surface area contributed by atoms with Gasteiger partial charge >= 0.3 is 0 Å². The Morgan fingerprint density at radius 1 is 1.33 bits per heavy atom. The molecule has 2 saturated heterocycles. The minimum Gasteiger partial charge on any atom is -0.334 e. The average molecular weight is 385 g/mol. The van der Waals surface area contributed by atoms with E-state index >= 15 is 0 Å². The average Bonchev–Trinajstić information content (AvgIpc) is 3.09. The Balaban J connectivity index is 0.00000144. The zero-order valence-electron chi connectivity index (χ0n) is 14.0. The van der Waals surface area contributed by atoms with E-state index in [1.54, 1.807) is 4.90 Å². The molecule has 2 aliphatic heterocycles. The maximum Gasteiger partial charge on any atom is 0.262 e. The number of hydrogen-bond donors (Lipinski definition) is 1. The molecule has 0 aromatic carbocycles. The summed E-state index contributed by atoms with van der Waals surface area (Å²) in [4.78, 5) is 14.4. The molecule has 0 aliphatic carbocycles. The Morgan fingerprint density at radius 3 is 2.50 bits per heavy atom. The number of aromatic nitrogens is 2. The van der Waals surface area contributed by atoms with Gasteiger partial charge in [0.2, 0.25) is 5.91 Å². The number of carbonyl (C=O) groups excluding carboxylic acids is 1. The summed E-state index contributed by atoms with van der Waals surface area (Å²) in [7, 11) is 1.88. The predicted octanol–water partition coefficient (Wildman–Crippen LogP) is 2.54. The lowest BCUT2D eigenvalue weighted by atomic mass is 10.0. The Labute approximate surface area is 153 Å². The summed E-state index contributed by atoms with van der Waals surface area (Å²) >= 11 is 0. The number of rotatable bonds is 2. The fourth-order valence-electron chi connectivity index (χ4n) is 3.69. The summed E-state index contributed by atoms with van der Waals surface area (Å²) in [5.74, 6) is -2.99. The molecule has 24 heavy (non-hydrogen) atoms. The number of amides is 1. The number of alkyl halides is 2. The van der Waals surface area contributed by atoms with Gasteiger partial charge < -0.3 is 4.90 Å². The van der Waals surface area contributed by atoms with Crippen LogP contribution in [-0.2, 0) is 11.8 Å². The highest BCUT2D eigenvalue weighted by Gasteiger charge is 2.45. The van der Waals surface area contributed by atoms with E-state index in [-0.39, 0.29) is 36.8 Å². The second-order valence-corrected chi connectivity index (χ2v) is 6.39. The Hall–Kier alpha value is -0.920. The monoisotopic (exact) mass is 384 g/mol. The molecule has 9 heteroatoms. The number of nitrogens with zero attached hydrogens (tertiary/aromatic N) is 3. The third-order valence-corrected chi connectivity index (χ3v) is 4.84. The van der Waals surface area contributed by atoms with E-state index < -0.39 is 24.9 Å². The maximum atomic E-state index is 13.3. The van der Waals surface area contributed by atoms with Gasteiger partial charge in [-0.2, -0.15) is 5.10 Å². The molecule has 0 bridgehead atoms. The molecule has 138 valence electrons. The zero-order chi connectivity index (χ0) is 16.1.